The van der Waals surface area contributed by atoms with E-state index >= 15 is 0 Å². The van der Waals surface area contributed by atoms with Crippen LogP contribution in [0.15, 0.2) is 111 Å². The number of carbonyl (C=O) groups is 1. The summed E-state index contributed by atoms with van der Waals surface area (Å²) in [7, 11) is -0.221. The number of hydrogen-bond acceptors (Lipinski definition) is 2. The summed E-state index contributed by atoms with van der Waals surface area (Å²) < 4.78 is 5.94. The minimum absolute atomic E-state index is 0.221. The second-order valence-electron chi connectivity index (χ2n) is 8.61. The molecule has 0 saturated heterocycles. The Kier molecular flexibility index (Phi) is 6.33. The SMILES string of the molecule is CC1=CC(C(C)(C)OC(=O)c2ccc([S+](c3ccccc3)c3ccccc3)cc2)CC1. The van der Waals surface area contributed by atoms with Crippen LogP contribution in [-0.2, 0) is 15.6 Å². The Bertz CT molecular complexity index is 1010. The van der Waals surface area contributed by atoms with Gasteiger partial charge in [-0.05, 0) is 82.1 Å². The van der Waals surface area contributed by atoms with Crippen LogP contribution in [0.3, 0.4) is 0 Å². The maximum Gasteiger partial charge on any atom is 0.338 e. The zero-order chi connectivity index (χ0) is 21.8. The molecule has 1 aliphatic carbocycles. The van der Waals surface area contributed by atoms with Gasteiger partial charge in [0.15, 0.2) is 14.7 Å². The van der Waals surface area contributed by atoms with Crippen LogP contribution in [0, 0.1) is 5.92 Å². The normalized spacial score (nSPS) is 16.3. The molecule has 158 valence electrons. The maximum absolute atomic E-state index is 12.9. The molecule has 0 aromatic heterocycles. The highest BCUT2D eigenvalue weighted by atomic mass is 32.2. The standard InChI is InChI=1S/C28H29O2S/c1-21-14-17-23(20-21)28(2,3)30-27(29)22-15-18-26(19-16-22)31(24-10-6-4-7-11-24)25-12-8-5-9-13-25/h4-13,15-16,18-20,23H,14,17H2,1-3H3/q+1. The van der Waals surface area contributed by atoms with Gasteiger partial charge in [0.1, 0.15) is 5.60 Å². The van der Waals surface area contributed by atoms with Gasteiger partial charge >= 0.3 is 5.97 Å². The highest BCUT2D eigenvalue weighted by molar-refractivity contribution is 7.97. The Morgan fingerprint density at radius 3 is 1.84 bits per heavy atom. The molecule has 0 bridgehead atoms. The van der Waals surface area contributed by atoms with E-state index in [0.29, 0.717) is 5.56 Å². The average molecular weight is 430 g/mol. The number of rotatable bonds is 6. The predicted molar refractivity (Wildman–Crippen MR) is 127 cm³/mol. The van der Waals surface area contributed by atoms with Crippen LogP contribution in [0.5, 0.6) is 0 Å². The van der Waals surface area contributed by atoms with Crippen molar-refractivity contribution in [1.82, 2.24) is 0 Å². The van der Waals surface area contributed by atoms with Crippen LogP contribution >= 0.6 is 0 Å². The van der Waals surface area contributed by atoms with E-state index in [-0.39, 0.29) is 22.8 Å². The molecule has 0 radical (unpaired) electrons. The van der Waals surface area contributed by atoms with Gasteiger partial charge in [-0.15, -0.1) is 0 Å². The second kappa shape index (κ2) is 9.15. The van der Waals surface area contributed by atoms with Crippen molar-refractivity contribution in [2.24, 2.45) is 5.92 Å². The molecule has 1 unspecified atom stereocenters. The van der Waals surface area contributed by atoms with Crippen molar-refractivity contribution >= 4 is 16.9 Å². The predicted octanol–water partition coefficient (Wildman–Crippen LogP) is 7.07. The van der Waals surface area contributed by atoms with Gasteiger partial charge < -0.3 is 4.74 Å². The zero-order valence-electron chi connectivity index (χ0n) is 18.4. The molecule has 1 aliphatic rings. The summed E-state index contributed by atoms with van der Waals surface area (Å²) in [6.07, 6.45) is 4.38. The van der Waals surface area contributed by atoms with E-state index in [1.165, 1.54) is 20.3 Å². The van der Waals surface area contributed by atoms with Crippen molar-refractivity contribution in [2.75, 3.05) is 0 Å². The lowest BCUT2D eigenvalue weighted by atomic mass is 9.90. The van der Waals surface area contributed by atoms with Gasteiger partial charge in [0.05, 0.1) is 16.5 Å². The third-order valence-corrected chi connectivity index (χ3v) is 8.10. The van der Waals surface area contributed by atoms with Crippen LogP contribution in [0.1, 0.15) is 44.0 Å². The Hall–Kier alpha value is -2.78. The zero-order valence-corrected chi connectivity index (χ0v) is 19.2. The highest BCUT2D eigenvalue weighted by Gasteiger charge is 2.35. The number of benzene rings is 3. The van der Waals surface area contributed by atoms with Gasteiger partial charge in [0.25, 0.3) is 0 Å². The van der Waals surface area contributed by atoms with Crippen LogP contribution < -0.4 is 0 Å². The van der Waals surface area contributed by atoms with E-state index in [1.807, 2.05) is 38.1 Å². The van der Waals surface area contributed by atoms with Crippen molar-refractivity contribution in [2.45, 2.75) is 53.9 Å². The van der Waals surface area contributed by atoms with E-state index in [4.69, 9.17) is 4.74 Å². The summed E-state index contributed by atoms with van der Waals surface area (Å²) in [6, 6.07) is 29.0. The lowest BCUT2D eigenvalue weighted by Gasteiger charge is -2.30. The summed E-state index contributed by atoms with van der Waals surface area (Å²) in [5.41, 5.74) is 1.47. The fourth-order valence-corrected chi connectivity index (χ4v) is 6.15. The lowest BCUT2D eigenvalue weighted by molar-refractivity contribution is -0.0199. The van der Waals surface area contributed by atoms with Crippen LogP contribution in [0.2, 0.25) is 0 Å². The first-order chi connectivity index (χ1) is 14.9. The molecule has 0 heterocycles. The average Bonchev–Trinajstić information content (AvgIpc) is 3.23. The number of allylic oxidation sites excluding steroid dienone is 1. The van der Waals surface area contributed by atoms with Gasteiger partial charge in [-0.3, -0.25) is 0 Å². The van der Waals surface area contributed by atoms with Crippen molar-refractivity contribution in [3.05, 3.63) is 102 Å². The molecule has 0 spiro atoms. The summed E-state index contributed by atoms with van der Waals surface area (Å²) in [5, 5.41) is 0. The Balaban J connectivity index is 1.57. The van der Waals surface area contributed by atoms with Crippen LogP contribution in [0.25, 0.3) is 0 Å². The van der Waals surface area contributed by atoms with Crippen molar-refractivity contribution in [1.29, 1.82) is 0 Å². The molecular formula is C28H29O2S+. The molecule has 0 amide bonds. The number of esters is 1. The van der Waals surface area contributed by atoms with Gasteiger partial charge in [0, 0.05) is 5.92 Å². The summed E-state index contributed by atoms with van der Waals surface area (Å²) in [5.74, 6) is 0.0200. The quantitative estimate of drug-likeness (QED) is 0.238. The van der Waals surface area contributed by atoms with Crippen LogP contribution in [0.4, 0.5) is 0 Å². The first kappa shape index (κ1) is 21.5. The number of hydrogen-bond donors (Lipinski definition) is 0. The van der Waals surface area contributed by atoms with E-state index < -0.39 is 5.60 Å². The molecule has 3 aromatic rings. The number of ether oxygens (including phenoxy) is 1. The third kappa shape index (κ3) is 4.94. The molecule has 0 N–H and O–H groups in total. The van der Waals surface area contributed by atoms with Crippen molar-refractivity contribution in [3.8, 4) is 0 Å². The highest BCUT2D eigenvalue weighted by Crippen LogP contribution is 2.35. The summed E-state index contributed by atoms with van der Waals surface area (Å²) in [4.78, 5) is 16.6. The molecule has 3 aromatic carbocycles. The Morgan fingerprint density at radius 1 is 0.839 bits per heavy atom. The van der Waals surface area contributed by atoms with E-state index in [0.717, 1.165) is 12.8 Å². The largest absolute Gasteiger partial charge is 0.455 e. The van der Waals surface area contributed by atoms with Crippen LogP contribution in [-0.4, -0.2) is 11.6 Å². The molecular weight excluding hydrogens is 400 g/mol. The number of carbonyl (C=O) groups excluding carboxylic acids is 1. The first-order valence-electron chi connectivity index (χ1n) is 10.8. The molecule has 31 heavy (non-hydrogen) atoms. The van der Waals surface area contributed by atoms with Crippen molar-refractivity contribution < 1.29 is 9.53 Å². The fourth-order valence-electron chi connectivity index (χ4n) is 4.06. The Morgan fingerprint density at radius 2 is 1.35 bits per heavy atom. The third-order valence-electron chi connectivity index (χ3n) is 5.87. The smallest absolute Gasteiger partial charge is 0.338 e. The topological polar surface area (TPSA) is 26.3 Å². The molecule has 0 fully saturated rings. The minimum atomic E-state index is -0.508. The van der Waals surface area contributed by atoms with Crippen molar-refractivity contribution in [3.63, 3.8) is 0 Å². The first-order valence-corrected chi connectivity index (χ1v) is 12.0. The fraction of sp³-hybridized carbons (Fsp3) is 0.250. The van der Waals surface area contributed by atoms with Gasteiger partial charge in [0.2, 0.25) is 0 Å². The maximum atomic E-state index is 12.9. The van der Waals surface area contributed by atoms with E-state index in [9.17, 15) is 4.79 Å². The van der Waals surface area contributed by atoms with Gasteiger partial charge in [-0.25, -0.2) is 4.79 Å². The van der Waals surface area contributed by atoms with Gasteiger partial charge in [-0.2, -0.15) is 0 Å². The minimum Gasteiger partial charge on any atom is -0.455 e. The van der Waals surface area contributed by atoms with Gasteiger partial charge in [-0.1, -0.05) is 48.0 Å². The summed E-state index contributed by atoms with van der Waals surface area (Å²) in [6.45, 7) is 6.18. The van der Waals surface area contributed by atoms with E-state index in [2.05, 4.69) is 73.7 Å². The molecule has 0 saturated carbocycles. The van der Waals surface area contributed by atoms with E-state index in [1.54, 1.807) is 0 Å². The second-order valence-corrected chi connectivity index (χ2v) is 10.6. The lowest BCUT2D eigenvalue weighted by Crippen LogP contribution is -2.35. The Labute approximate surface area is 188 Å². The molecule has 4 rings (SSSR count). The molecule has 1 atom stereocenters. The summed E-state index contributed by atoms with van der Waals surface area (Å²) >= 11 is 0. The molecule has 2 nitrogen and oxygen atoms in total. The molecule has 3 heteroatoms. The molecule has 0 aliphatic heterocycles. The monoisotopic (exact) mass is 429 g/mol.